The minimum Gasteiger partial charge on any atom is -0.318 e. The van der Waals surface area contributed by atoms with Gasteiger partial charge in [0, 0.05) is 5.54 Å². The van der Waals surface area contributed by atoms with Crippen LogP contribution in [0, 0.1) is 0 Å². The SMILES string of the molecule is CCOP(=O)(OCC)N(C(C)(C)C)P(=S)(OCC)OCC. The summed E-state index contributed by atoms with van der Waals surface area (Å²) in [6.07, 6.45) is 0. The molecule has 0 aliphatic heterocycles. The molecule has 0 N–H and O–H groups in total. The molecule has 0 saturated heterocycles. The molecule has 0 aromatic carbocycles. The second-order valence-electron chi connectivity index (χ2n) is 5.07. The van der Waals surface area contributed by atoms with Crippen LogP contribution in [0.3, 0.4) is 0 Å². The van der Waals surface area contributed by atoms with Crippen LogP contribution in [0.4, 0.5) is 0 Å². The summed E-state index contributed by atoms with van der Waals surface area (Å²) in [5, 5.41) is 0. The lowest BCUT2D eigenvalue weighted by molar-refractivity contribution is 0.142. The summed E-state index contributed by atoms with van der Waals surface area (Å²) >= 11 is 5.61. The van der Waals surface area contributed by atoms with Crippen molar-refractivity contribution in [3.63, 3.8) is 0 Å². The molecular formula is C12H29NO5P2S. The molecule has 0 aliphatic carbocycles. The molecule has 0 aromatic rings. The monoisotopic (exact) mass is 361 g/mol. The molecule has 0 fully saturated rings. The van der Waals surface area contributed by atoms with Gasteiger partial charge < -0.3 is 9.05 Å². The first-order valence-corrected chi connectivity index (χ1v) is 11.3. The maximum Gasteiger partial charge on any atom is 0.416 e. The maximum absolute atomic E-state index is 13.2. The average Bonchev–Trinajstić information content (AvgIpc) is 2.27. The molecule has 0 heterocycles. The Morgan fingerprint density at radius 2 is 1.19 bits per heavy atom. The van der Waals surface area contributed by atoms with Crippen molar-refractivity contribution in [1.82, 2.24) is 4.44 Å². The highest BCUT2D eigenvalue weighted by molar-refractivity contribution is 8.10. The third kappa shape index (κ3) is 6.00. The van der Waals surface area contributed by atoms with Crippen molar-refractivity contribution in [2.75, 3.05) is 26.4 Å². The van der Waals surface area contributed by atoms with Crippen LogP contribution in [-0.2, 0) is 34.5 Å². The van der Waals surface area contributed by atoms with Gasteiger partial charge in [0.2, 0.25) is 0 Å². The van der Waals surface area contributed by atoms with Crippen LogP contribution < -0.4 is 0 Å². The van der Waals surface area contributed by atoms with E-state index in [0.29, 0.717) is 13.2 Å². The quantitative estimate of drug-likeness (QED) is 0.528. The van der Waals surface area contributed by atoms with Crippen molar-refractivity contribution >= 4 is 26.2 Å². The average molecular weight is 361 g/mol. The van der Waals surface area contributed by atoms with E-state index in [0.717, 1.165) is 0 Å². The van der Waals surface area contributed by atoms with Gasteiger partial charge in [-0.1, -0.05) is 0 Å². The lowest BCUT2D eigenvalue weighted by Crippen LogP contribution is -2.38. The summed E-state index contributed by atoms with van der Waals surface area (Å²) in [6, 6.07) is 0. The molecule has 9 heteroatoms. The highest BCUT2D eigenvalue weighted by Crippen LogP contribution is 2.71. The highest BCUT2D eigenvalue weighted by atomic mass is 32.5. The second kappa shape index (κ2) is 9.09. The number of rotatable bonds is 10. The molecule has 0 bridgehead atoms. The molecule has 0 aliphatic rings. The van der Waals surface area contributed by atoms with Crippen molar-refractivity contribution < 1.29 is 22.7 Å². The normalized spacial score (nSPS) is 13.9. The molecule has 0 atom stereocenters. The zero-order chi connectivity index (χ0) is 16.7. The van der Waals surface area contributed by atoms with Gasteiger partial charge in [-0.25, -0.2) is 4.57 Å². The standard InChI is InChI=1S/C12H29NO5P2S/c1-8-15-19(14,16-9-2)13(12(5,6)7)20(21,17-10-3)18-11-4/h8-11H2,1-7H3. The Bertz CT molecular complexity index is 350. The Balaban J connectivity index is 5.95. The second-order valence-corrected chi connectivity index (χ2v) is 10.5. The first-order valence-electron chi connectivity index (χ1n) is 7.20. The van der Waals surface area contributed by atoms with Gasteiger partial charge in [0.1, 0.15) is 0 Å². The van der Waals surface area contributed by atoms with Gasteiger partial charge >= 0.3 is 7.75 Å². The van der Waals surface area contributed by atoms with E-state index in [1.165, 1.54) is 4.44 Å². The van der Waals surface area contributed by atoms with Gasteiger partial charge in [-0.3, -0.25) is 9.05 Å². The van der Waals surface area contributed by atoms with Crippen LogP contribution in [0.5, 0.6) is 0 Å². The van der Waals surface area contributed by atoms with E-state index in [1.54, 1.807) is 13.8 Å². The minimum atomic E-state index is -3.60. The van der Waals surface area contributed by atoms with Crippen LogP contribution in [0.25, 0.3) is 0 Å². The first kappa shape index (κ1) is 21.7. The van der Waals surface area contributed by atoms with E-state index in [9.17, 15) is 4.57 Å². The predicted molar refractivity (Wildman–Crippen MR) is 90.0 cm³/mol. The van der Waals surface area contributed by atoms with Crippen molar-refractivity contribution in [2.24, 2.45) is 0 Å². The fourth-order valence-electron chi connectivity index (χ4n) is 1.81. The fourth-order valence-corrected chi connectivity index (χ4v) is 9.04. The van der Waals surface area contributed by atoms with Crippen molar-refractivity contribution in [3.05, 3.63) is 0 Å². The zero-order valence-corrected chi connectivity index (χ0v) is 16.7. The predicted octanol–water partition coefficient (Wildman–Crippen LogP) is 4.57. The molecule has 128 valence electrons. The number of hydrogen-bond acceptors (Lipinski definition) is 6. The molecule has 0 unspecified atom stereocenters. The van der Waals surface area contributed by atoms with Gasteiger partial charge in [-0.05, 0) is 60.3 Å². The van der Waals surface area contributed by atoms with Crippen LogP contribution in [0.15, 0.2) is 0 Å². The van der Waals surface area contributed by atoms with E-state index in [1.807, 2.05) is 34.6 Å². The minimum absolute atomic E-state index is 0.247. The summed E-state index contributed by atoms with van der Waals surface area (Å²) in [5.74, 6) is 0. The Morgan fingerprint density at radius 1 is 0.857 bits per heavy atom. The molecule has 0 spiro atoms. The third-order valence-corrected chi connectivity index (χ3v) is 9.55. The summed E-state index contributed by atoms with van der Waals surface area (Å²) in [5.41, 5.74) is -0.597. The first-order chi connectivity index (χ1) is 9.61. The van der Waals surface area contributed by atoms with E-state index in [-0.39, 0.29) is 13.2 Å². The molecule has 0 aromatic heterocycles. The van der Waals surface area contributed by atoms with E-state index in [2.05, 4.69) is 0 Å². The zero-order valence-electron chi connectivity index (χ0n) is 14.1. The van der Waals surface area contributed by atoms with Crippen LogP contribution in [-0.4, -0.2) is 36.4 Å². The Labute approximate surface area is 134 Å². The van der Waals surface area contributed by atoms with Crippen molar-refractivity contribution in [2.45, 2.75) is 54.0 Å². The molecule has 0 amide bonds. The van der Waals surface area contributed by atoms with Gasteiger partial charge in [-0.15, -0.1) is 4.44 Å². The van der Waals surface area contributed by atoms with E-state index >= 15 is 0 Å². The summed E-state index contributed by atoms with van der Waals surface area (Å²) in [7, 11) is -3.60. The van der Waals surface area contributed by atoms with Crippen molar-refractivity contribution in [1.29, 1.82) is 0 Å². The van der Waals surface area contributed by atoms with E-state index in [4.69, 9.17) is 29.9 Å². The van der Waals surface area contributed by atoms with Crippen molar-refractivity contribution in [3.8, 4) is 0 Å². The topological polar surface area (TPSA) is 57.2 Å². The Kier molecular flexibility index (Phi) is 9.39. The summed E-state index contributed by atoms with van der Waals surface area (Å²) in [4.78, 5) is 0. The van der Waals surface area contributed by atoms with Gasteiger partial charge in [0.15, 0.2) is 0 Å². The lowest BCUT2D eigenvalue weighted by atomic mass is 10.1. The molecule has 0 saturated carbocycles. The van der Waals surface area contributed by atoms with Crippen LogP contribution in [0.1, 0.15) is 48.5 Å². The van der Waals surface area contributed by atoms with Gasteiger partial charge in [-0.2, -0.15) is 0 Å². The molecule has 0 radical (unpaired) electrons. The fraction of sp³-hybridized carbons (Fsp3) is 1.00. The molecule has 21 heavy (non-hydrogen) atoms. The van der Waals surface area contributed by atoms with Gasteiger partial charge in [0.05, 0.1) is 26.4 Å². The van der Waals surface area contributed by atoms with Crippen LogP contribution >= 0.6 is 14.4 Å². The van der Waals surface area contributed by atoms with Crippen LogP contribution in [0.2, 0.25) is 0 Å². The Hall–Kier alpha value is 0.680. The van der Waals surface area contributed by atoms with Gasteiger partial charge in [0.25, 0.3) is 6.64 Å². The maximum atomic E-state index is 13.2. The molecular weight excluding hydrogens is 332 g/mol. The summed E-state index contributed by atoms with van der Waals surface area (Å²) < 4.78 is 37.0. The smallest absolute Gasteiger partial charge is 0.318 e. The molecule has 0 rings (SSSR count). The third-order valence-electron chi connectivity index (χ3n) is 2.23. The summed E-state index contributed by atoms with van der Waals surface area (Å²) in [6.45, 7) is 11.1. The number of hydrogen-bond donors (Lipinski definition) is 0. The Morgan fingerprint density at radius 3 is 1.43 bits per heavy atom. The lowest BCUT2D eigenvalue weighted by Gasteiger charge is -2.44. The highest BCUT2D eigenvalue weighted by Gasteiger charge is 2.50. The molecule has 6 nitrogen and oxygen atoms in total. The number of nitrogens with zero attached hydrogens (tertiary/aromatic N) is 1. The largest absolute Gasteiger partial charge is 0.416 e. The van der Waals surface area contributed by atoms with E-state index < -0.39 is 19.9 Å².